The van der Waals surface area contributed by atoms with E-state index >= 15 is 0 Å². The molecule has 1 aromatic rings. The van der Waals surface area contributed by atoms with E-state index < -0.39 is 0 Å². The Balaban J connectivity index is 1.82. The van der Waals surface area contributed by atoms with Crippen LogP contribution in [0, 0.1) is 0 Å². The second kappa shape index (κ2) is 8.18. The summed E-state index contributed by atoms with van der Waals surface area (Å²) in [6.45, 7) is 8.29. The highest BCUT2D eigenvalue weighted by molar-refractivity contribution is 5.78. The Morgan fingerprint density at radius 3 is 2.27 bits per heavy atom. The summed E-state index contributed by atoms with van der Waals surface area (Å²) in [5, 5.41) is 0. The lowest BCUT2D eigenvalue weighted by Crippen LogP contribution is -2.47. The number of carbonyl (C=O) groups excluding carboxylic acids is 1. The topological polar surface area (TPSA) is 26.8 Å². The molecule has 0 N–H and O–H groups in total. The lowest BCUT2D eigenvalue weighted by atomic mass is 10.0. The average Bonchev–Trinajstić information content (AvgIpc) is 2.57. The van der Waals surface area contributed by atoms with Crippen molar-refractivity contribution < 1.29 is 4.79 Å². The average molecular weight is 303 g/mol. The maximum Gasteiger partial charge on any atom is 0.236 e. The first kappa shape index (κ1) is 16.8. The van der Waals surface area contributed by atoms with Crippen molar-refractivity contribution in [1.82, 2.24) is 9.80 Å². The molecule has 4 heteroatoms. The summed E-state index contributed by atoms with van der Waals surface area (Å²) < 4.78 is 0. The van der Waals surface area contributed by atoms with E-state index in [0.29, 0.717) is 12.6 Å². The summed E-state index contributed by atoms with van der Waals surface area (Å²) in [4.78, 5) is 18.8. The van der Waals surface area contributed by atoms with Crippen molar-refractivity contribution in [2.24, 2.45) is 0 Å². The van der Waals surface area contributed by atoms with Crippen molar-refractivity contribution in [1.29, 1.82) is 0 Å². The van der Waals surface area contributed by atoms with Crippen LogP contribution in [0.25, 0.3) is 0 Å². The lowest BCUT2D eigenvalue weighted by molar-refractivity contribution is -0.132. The van der Waals surface area contributed by atoms with Crippen LogP contribution in [0.3, 0.4) is 0 Å². The highest BCUT2D eigenvalue weighted by Gasteiger charge is 2.24. The van der Waals surface area contributed by atoms with E-state index in [9.17, 15) is 4.79 Å². The molecule has 1 saturated heterocycles. The van der Waals surface area contributed by atoms with Crippen LogP contribution in [0.2, 0.25) is 0 Å². The Bertz CT molecular complexity index is 451. The van der Waals surface area contributed by atoms with Crippen molar-refractivity contribution in [3.05, 3.63) is 30.3 Å². The summed E-state index contributed by atoms with van der Waals surface area (Å²) >= 11 is 0. The van der Waals surface area contributed by atoms with Crippen LogP contribution in [-0.2, 0) is 4.79 Å². The molecule has 0 bridgehead atoms. The molecule has 0 atom stereocenters. The minimum atomic E-state index is 0.264. The molecule has 2 rings (SSSR count). The number of hydrogen-bond donors (Lipinski definition) is 0. The molecule has 0 aromatic heterocycles. The van der Waals surface area contributed by atoms with Gasteiger partial charge in [-0.1, -0.05) is 18.2 Å². The number of likely N-dealkylation sites (tertiary alicyclic amines) is 1. The first-order valence-electron chi connectivity index (χ1n) is 8.43. The van der Waals surface area contributed by atoms with Crippen molar-refractivity contribution in [3.63, 3.8) is 0 Å². The number of para-hydroxylation sites is 1. The minimum absolute atomic E-state index is 0.264. The molecule has 1 aliphatic rings. The SMILES string of the molecule is CCN(CC)C(=O)CN1CCC(N(C)c2ccccc2)CC1. The zero-order valence-corrected chi connectivity index (χ0v) is 14.2. The number of likely N-dealkylation sites (N-methyl/N-ethyl adjacent to an activating group) is 1. The molecule has 1 aliphatic heterocycles. The zero-order chi connectivity index (χ0) is 15.9. The Kier molecular flexibility index (Phi) is 6.25. The van der Waals surface area contributed by atoms with Crippen molar-refractivity contribution in [2.75, 3.05) is 44.7 Å². The number of piperidine rings is 1. The van der Waals surface area contributed by atoms with Crippen LogP contribution in [0.4, 0.5) is 5.69 Å². The number of carbonyl (C=O) groups is 1. The van der Waals surface area contributed by atoms with E-state index in [1.807, 2.05) is 18.7 Å². The van der Waals surface area contributed by atoms with Crippen LogP contribution in [-0.4, -0.2) is 61.5 Å². The monoisotopic (exact) mass is 303 g/mol. The Morgan fingerprint density at radius 2 is 1.73 bits per heavy atom. The van der Waals surface area contributed by atoms with Crippen LogP contribution in [0.5, 0.6) is 0 Å². The molecule has 0 radical (unpaired) electrons. The smallest absolute Gasteiger partial charge is 0.236 e. The molecule has 1 fully saturated rings. The summed E-state index contributed by atoms with van der Waals surface area (Å²) in [6, 6.07) is 11.1. The summed E-state index contributed by atoms with van der Waals surface area (Å²) in [6.07, 6.45) is 2.24. The number of hydrogen-bond acceptors (Lipinski definition) is 3. The largest absolute Gasteiger partial charge is 0.372 e. The molecular weight excluding hydrogens is 274 g/mol. The third-order valence-electron chi connectivity index (χ3n) is 4.74. The van der Waals surface area contributed by atoms with Gasteiger partial charge in [0.1, 0.15) is 0 Å². The highest BCUT2D eigenvalue weighted by Crippen LogP contribution is 2.21. The van der Waals surface area contributed by atoms with Gasteiger partial charge in [-0.3, -0.25) is 9.69 Å². The Labute approximate surface area is 134 Å². The number of nitrogens with zero attached hydrogens (tertiary/aromatic N) is 3. The van der Waals surface area contributed by atoms with Crippen molar-refractivity contribution in [2.45, 2.75) is 32.7 Å². The minimum Gasteiger partial charge on any atom is -0.372 e. The highest BCUT2D eigenvalue weighted by atomic mass is 16.2. The van der Waals surface area contributed by atoms with Gasteiger partial charge in [0.15, 0.2) is 0 Å². The van der Waals surface area contributed by atoms with Gasteiger partial charge >= 0.3 is 0 Å². The number of rotatable bonds is 6. The second-order valence-corrected chi connectivity index (χ2v) is 6.02. The molecule has 0 spiro atoms. The van der Waals surface area contributed by atoms with E-state index in [1.165, 1.54) is 5.69 Å². The molecule has 0 saturated carbocycles. The number of anilines is 1. The van der Waals surface area contributed by atoms with E-state index in [2.05, 4.69) is 47.2 Å². The quantitative estimate of drug-likeness (QED) is 0.808. The fraction of sp³-hybridized carbons (Fsp3) is 0.611. The standard InChI is InChI=1S/C18H29N3O/c1-4-21(5-2)18(22)15-20-13-11-17(12-14-20)19(3)16-9-7-6-8-10-16/h6-10,17H,4-5,11-15H2,1-3H3. The van der Waals surface area contributed by atoms with Gasteiger partial charge in [-0.15, -0.1) is 0 Å². The van der Waals surface area contributed by atoms with Gasteiger partial charge in [0.05, 0.1) is 6.54 Å². The molecule has 0 unspecified atom stereocenters. The molecule has 122 valence electrons. The molecular formula is C18H29N3O. The fourth-order valence-corrected chi connectivity index (χ4v) is 3.21. The van der Waals surface area contributed by atoms with Gasteiger partial charge < -0.3 is 9.80 Å². The van der Waals surface area contributed by atoms with Gasteiger partial charge in [-0.05, 0) is 38.8 Å². The molecule has 1 heterocycles. The summed E-state index contributed by atoms with van der Waals surface area (Å²) in [7, 11) is 2.18. The van der Waals surface area contributed by atoms with Gasteiger partial charge in [0.25, 0.3) is 0 Å². The van der Waals surface area contributed by atoms with Crippen molar-refractivity contribution >= 4 is 11.6 Å². The zero-order valence-electron chi connectivity index (χ0n) is 14.2. The lowest BCUT2D eigenvalue weighted by Gasteiger charge is -2.38. The first-order valence-corrected chi connectivity index (χ1v) is 8.43. The molecule has 0 aliphatic carbocycles. The van der Waals surface area contributed by atoms with Crippen LogP contribution in [0.1, 0.15) is 26.7 Å². The van der Waals surface area contributed by atoms with Gasteiger partial charge in [-0.2, -0.15) is 0 Å². The maximum atomic E-state index is 12.2. The van der Waals surface area contributed by atoms with Gasteiger partial charge in [0.2, 0.25) is 5.91 Å². The predicted octanol–water partition coefficient (Wildman–Crippen LogP) is 2.46. The van der Waals surface area contributed by atoms with Crippen LogP contribution >= 0.6 is 0 Å². The third kappa shape index (κ3) is 4.23. The van der Waals surface area contributed by atoms with Crippen LogP contribution < -0.4 is 4.90 Å². The number of amides is 1. The maximum absolute atomic E-state index is 12.2. The predicted molar refractivity (Wildman–Crippen MR) is 92.2 cm³/mol. The summed E-state index contributed by atoms with van der Waals surface area (Å²) in [5.74, 6) is 0.264. The Hall–Kier alpha value is -1.55. The first-order chi connectivity index (χ1) is 10.7. The summed E-state index contributed by atoms with van der Waals surface area (Å²) in [5.41, 5.74) is 1.28. The fourth-order valence-electron chi connectivity index (χ4n) is 3.21. The molecule has 1 amide bonds. The number of benzene rings is 1. The van der Waals surface area contributed by atoms with Crippen molar-refractivity contribution in [3.8, 4) is 0 Å². The Morgan fingerprint density at radius 1 is 1.14 bits per heavy atom. The molecule has 4 nitrogen and oxygen atoms in total. The molecule has 22 heavy (non-hydrogen) atoms. The van der Waals surface area contributed by atoms with Crippen LogP contribution in [0.15, 0.2) is 30.3 Å². The van der Waals surface area contributed by atoms with Gasteiger partial charge in [-0.25, -0.2) is 0 Å². The van der Waals surface area contributed by atoms with E-state index in [1.54, 1.807) is 0 Å². The second-order valence-electron chi connectivity index (χ2n) is 6.02. The van der Waals surface area contributed by atoms with E-state index in [0.717, 1.165) is 39.0 Å². The molecule has 1 aromatic carbocycles. The van der Waals surface area contributed by atoms with E-state index in [-0.39, 0.29) is 5.91 Å². The normalized spacial score (nSPS) is 16.5. The third-order valence-corrected chi connectivity index (χ3v) is 4.74. The van der Waals surface area contributed by atoms with E-state index in [4.69, 9.17) is 0 Å². The van der Waals surface area contributed by atoms with Gasteiger partial charge in [0, 0.05) is 45.0 Å².